The van der Waals surface area contributed by atoms with Gasteiger partial charge in [-0.3, -0.25) is 14.5 Å². The van der Waals surface area contributed by atoms with Gasteiger partial charge in [-0.15, -0.1) is 0 Å². The maximum absolute atomic E-state index is 12.7. The first-order valence-electron chi connectivity index (χ1n) is 8.78. The van der Waals surface area contributed by atoms with Gasteiger partial charge in [0, 0.05) is 50.2 Å². The number of hydrogen-bond acceptors (Lipinski definition) is 6. The van der Waals surface area contributed by atoms with Crippen molar-refractivity contribution in [1.82, 2.24) is 29.8 Å². The third-order valence-corrected chi connectivity index (χ3v) is 4.67. The van der Waals surface area contributed by atoms with Crippen LogP contribution in [0.15, 0.2) is 41.3 Å². The van der Waals surface area contributed by atoms with Crippen molar-refractivity contribution in [1.29, 1.82) is 0 Å². The molecule has 4 rings (SSSR count). The summed E-state index contributed by atoms with van der Waals surface area (Å²) in [4.78, 5) is 23.0. The highest BCUT2D eigenvalue weighted by molar-refractivity contribution is 5.92. The van der Waals surface area contributed by atoms with Gasteiger partial charge in [-0.25, -0.2) is 0 Å². The van der Waals surface area contributed by atoms with Crippen molar-refractivity contribution in [2.45, 2.75) is 26.3 Å². The Morgan fingerprint density at radius 3 is 2.92 bits per heavy atom. The summed E-state index contributed by atoms with van der Waals surface area (Å²) in [6.07, 6.45) is 6.70. The highest BCUT2D eigenvalue weighted by atomic mass is 16.5. The molecule has 0 aromatic carbocycles. The van der Waals surface area contributed by atoms with E-state index in [4.69, 9.17) is 4.52 Å². The van der Waals surface area contributed by atoms with E-state index in [9.17, 15) is 4.79 Å². The zero-order valence-corrected chi connectivity index (χ0v) is 14.6. The average Bonchev–Trinajstić information content (AvgIpc) is 3.43. The van der Waals surface area contributed by atoms with Crippen LogP contribution in [0.1, 0.15) is 29.7 Å². The minimum Gasteiger partial charge on any atom is -0.337 e. The minimum atomic E-state index is 0.0393. The SMILES string of the molecule is CCn1nccc1C(=O)N1CCC(Cc2noc(-c3ccncc3)n2)C1. The largest absolute Gasteiger partial charge is 0.337 e. The molecule has 0 spiro atoms. The number of rotatable bonds is 5. The van der Waals surface area contributed by atoms with E-state index >= 15 is 0 Å². The second-order valence-electron chi connectivity index (χ2n) is 6.39. The topological polar surface area (TPSA) is 89.9 Å². The summed E-state index contributed by atoms with van der Waals surface area (Å²) in [6, 6.07) is 5.45. The van der Waals surface area contributed by atoms with Crippen molar-refractivity contribution in [2.75, 3.05) is 13.1 Å². The molecule has 1 aliphatic heterocycles. The van der Waals surface area contributed by atoms with Gasteiger partial charge in [-0.05, 0) is 37.5 Å². The molecule has 0 bridgehead atoms. The smallest absolute Gasteiger partial charge is 0.272 e. The number of amides is 1. The van der Waals surface area contributed by atoms with Gasteiger partial charge in [0.05, 0.1) is 0 Å². The maximum atomic E-state index is 12.7. The number of carbonyl (C=O) groups excluding carboxylic acids is 1. The minimum absolute atomic E-state index is 0.0393. The summed E-state index contributed by atoms with van der Waals surface area (Å²) in [5.74, 6) is 1.55. The Morgan fingerprint density at radius 2 is 2.12 bits per heavy atom. The lowest BCUT2D eigenvalue weighted by atomic mass is 10.1. The van der Waals surface area contributed by atoms with Crippen molar-refractivity contribution in [3.8, 4) is 11.5 Å². The van der Waals surface area contributed by atoms with Crippen molar-refractivity contribution in [2.24, 2.45) is 5.92 Å². The van der Waals surface area contributed by atoms with E-state index < -0.39 is 0 Å². The summed E-state index contributed by atoms with van der Waals surface area (Å²) in [7, 11) is 0. The Bertz CT molecular complexity index is 888. The van der Waals surface area contributed by atoms with E-state index in [-0.39, 0.29) is 5.91 Å². The third kappa shape index (κ3) is 3.22. The predicted molar refractivity (Wildman–Crippen MR) is 93.1 cm³/mol. The van der Waals surface area contributed by atoms with Crippen molar-refractivity contribution in [3.05, 3.63) is 48.3 Å². The van der Waals surface area contributed by atoms with Crippen LogP contribution in [0.2, 0.25) is 0 Å². The number of aryl methyl sites for hydroxylation is 1. The first-order chi connectivity index (χ1) is 12.7. The number of pyridine rings is 1. The van der Waals surface area contributed by atoms with Crippen LogP contribution < -0.4 is 0 Å². The van der Waals surface area contributed by atoms with E-state index in [1.165, 1.54) is 0 Å². The van der Waals surface area contributed by atoms with Gasteiger partial charge in [0.25, 0.3) is 11.8 Å². The normalized spacial score (nSPS) is 17.0. The molecule has 0 N–H and O–H groups in total. The summed E-state index contributed by atoms with van der Waals surface area (Å²) >= 11 is 0. The molecule has 1 atom stereocenters. The lowest BCUT2D eigenvalue weighted by Crippen LogP contribution is -2.30. The van der Waals surface area contributed by atoms with Crippen molar-refractivity contribution in [3.63, 3.8) is 0 Å². The van der Waals surface area contributed by atoms with Crippen LogP contribution in [0, 0.1) is 5.92 Å². The first-order valence-corrected chi connectivity index (χ1v) is 8.78. The number of carbonyl (C=O) groups is 1. The van der Waals surface area contributed by atoms with Crippen LogP contribution in [0.5, 0.6) is 0 Å². The van der Waals surface area contributed by atoms with Gasteiger partial charge in [0.1, 0.15) is 5.69 Å². The fourth-order valence-corrected chi connectivity index (χ4v) is 3.32. The van der Waals surface area contributed by atoms with E-state index in [2.05, 4.69) is 20.2 Å². The fourth-order valence-electron chi connectivity index (χ4n) is 3.32. The molecule has 4 heterocycles. The highest BCUT2D eigenvalue weighted by Crippen LogP contribution is 2.23. The second kappa shape index (κ2) is 7.07. The van der Waals surface area contributed by atoms with Gasteiger partial charge in [-0.2, -0.15) is 10.1 Å². The maximum Gasteiger partial charge on any atom is 0.272 e. The zero-order valence-electron chi connectivity index (χ0n) is 14.6. The predicted octanol–water partition coefficient (Wildman–Crippen LogP) is 2.05. The van der Waals surface area contributed by atoms with Crippen molar-refractivity contribution < 1.29 is 9.32 Å². The van der Waals surface area contributed by atoms with Crippen LogP contribution in [-0.4, -0.2) is 48.8 Å². The average molecular weight is 352 g/mol. The zero-order chi connectivity index (χ0) is 17.9. The van der Waals surface area contributed by atoms with Gasteiger partial charge >= 0.3 is 0 Å². The molecule has 1 unspecified atom stereocenters. The molecule has 8 nitrogen and oxygen atoms in total. The molecule has 0 saturated carbocycles. The van der Waals surface area contributed by atoms with Gasteiger partial charge in [0.15, 0.2) is 5.82 Å². The third-order valence-electron chi connectivity index (χ3n) is 4.67. The molecule has 1 aliphatic rings. The number of aromatic nitrogens is 5. The first kappa shape index (κ1) is 16.4. The summed E-state index contributed by atoms with van der Waals surface area (Å²) < 4.78 is 7.08. The fraction of sp³-hybridized carbons (Fsp3) is 0.389. The number of hydrogen-bond donors (Lipinski definition) is 0. The standard InChI is InChI=1S/C18H20N6O2/c1-2-24-15(5-9-20-24)18(25)23-10-6-13(12-23)11-16-21-17(26-22-16)14-3-7-19-8-4-14/h3-5,7-9,13H,2,6,10-12H2,1H3. The molecular formula is C18H20N6O2. The lowest BCUT2D eigenvalue weighted by molar-refractivity contribution is 0.0774. The molecule has 8 heteroatoms. The molecule has 0 aliphatic carbocycles. The number of likely N-dealkylation sites (tertiary alicyclic amines) is 1. The Balaban J connectivity index is 1.39. The van der Waals surface area contributed by atoms with Crippen LogP contribution >= 0.6 is 0 Å². The van der Waals surface area contributed by atoms with Crippen LogP contribution in [0.4, 0.5) is 0 Å². The Kier molecular flexibility index (Phi) is 4.47. The van der Waals surface area contributed by atoms with Gasteiger partial charge in [-0.1, -0.05) is 5.16 Å². The highest BCUT2D eigenvalue weighted by Gasteiger charge is 2.29. The van der Waals surface area contributed by atoms with Gasteiger partial charge < -0.3 is 9.42 Å². The molecule has 1 amide bonds. The molecule has 3 aromatic rings. The molecular weight excluding hydrogens is 332 g/mol. The Morgan fingerprint density at radius 1 is 1.27 bits per heavy atom. The Hall–Kier alpha value is -3.03. The molecule has 1 fully saturated rings. The lowest BCUT2D eigenvalue weighted by Gasteiger charge is -2.16. The van der Waals surface area contributed by atoms with Gasteiger partial charge in [0.2, 0.25) is 0 Å². The second-order valence-corrected chi connectivity index (χ2v) is 6.39. The van der Waals surface area contributed by atoms with Crippen molar-refractivity contribution >= 4 is 5.91 Å². The quantitative estimate of drug-likeness (QED) is 0.698. The molecule has 26 heavy (non-hydrogen) atoms. The molecule has 3 aromatic heterocycles. The summed E-state index contributed by atoms with van der Waals surface area (Å²) in [5, 5.41) is 8.26. The summed E-state index contributed by atoms with van der Waals surface area (Å²) in [6.45, 7) is 4.11. The van der Waals surface area contributed by atoms with Crippen LogP contribution in [-0.2, 0) is 13.0 Å². The molecule has 0 radical (unpaired) electrons. The van der Waals surface area contributed by atoms with E-state index in [1.807, 2.05) is 24.0 Å². The van der Waals surface area contributed by atoms with Crippen LogP contribution in [0.25, 0.3) is 11.5 Å². The van der Waals surface area contributed by atoms with E-state index in [0.29, 0.717) is 42.8 Å². The summed E-state index contributed by atoms with van der Waals surface area (Å²) in [5.41, 5.74) is 1.50. The Labute approximate surface area is 150 Å². The monoisotopic (exact) mass is 352 g/mol. The molecule has 1 saturated heterocycles. The van der Waals surface area contributed by atoms with Crippen LogP contribution in [0.3, 0.4) is 0 Å². The molecule has 134 valence electrons. The van der Waals surface area contributed by atoms with E-state index in [0.717, 1.165) is 18.5 Å². The van der Waals surface area contributed by atoms with E-state index in [1.54, 1.807) is 29.3 Å². The number of nitrogens with zero attached hydrogens (tertiary/aromatic N) is 6.